The number of nitrogens with one attached hydrogen (secondary N) is 1. The number of para-hydroxylation sites is 1. The monoisotopic (exact) mass is 351 g/mol. The van der Waals surface area contributed by atoms with E-state index < -0.39 is 0 Å². The van der Waals surface area contributed by atoms with Crippen molar-refractivity contribution in [1.82, 2.24) is 9.78 Å². The van der Waals surface area contributed by atoms with Crippen LogP contribution in [0.1, 0.15) is 5.56 Å². The maximum atomic E-state index is 5.99. The number of guanidine groups is 1. The third-order valence-corrected chi connectivity index (χ3v) is 3.80. The zero-order chi connectivity index (χ0) is 18.4. The average Bonchev–Trinajstić information content (AvgIpc) is 3.15. The first kappa shape index (κ1) is 17.3. The van der Waals surface area contributed by atoms with Crippen LogP contribution in [0.3, 0.4) is 0 Å². The number of nitrogens with zero attached hydrogens (tertiary/aromatic N) is 3. The first-order chi connectivity index (χ1) is 12.7. The quantitative estimate of drug-likeness (QED) is 0.527. The molecule has 1 heterocycles. The molecule has 0 aliphatic heterocycles. The van der Waals surface area contributed by atoms with E-state index in [1.807, 2.05) is 60.8 Å². The van der Waals surface area contributed by atoms with Gasteiger partial charge in [0.05, 0.1) is 32.0 Å². The Labute approximate surface area is 152 Å². The lowest BCUT2D eigenvalue weighted by atomic mass is 10.2. The van der Waals surface area contributed by atoms with E-state index in [0.717, 1.165) is 11.3 Å². The van der Waals surface area contributed by atoms with Gasteiger partial charge in [0.15, 0.2) is 11.8 Å². The normalized spacial score (nSPS) is 11.2. The van der Waals surface area contributed by atoms with Gasteiger partial charge in [0.25, 0.3) is 0 Å². The molecule has 0 amide bonds. The Hall–Kier alpha value is -3.48. The van der Waals surface area contributed by atoms with Gasteiger partial charge in [-0.2, -0.15) is 5.10 Å². The molecule has 0 atom stereocenters. The Bertz CT molecular complexity index is 868. The van der Waals surface area contributed by atoms with Crippen LogP contribution in [-0.4, -0.2) is 30.0 Å². The molecule has 0 fully saturated rings. The summed E-state index contributed by atoms with van der Waals surface area (Å²) >= 11 is 0. The van der Waals surface area contributed by atoms with Crippen molar-refractivity contribution in [3.05, 3.63) is 66.4 Å². The van der Waals surface area contributed by atoms with Gasteiger partial charge in [0.1, 0.15) is 11.5 Å². The van der Waals surface area contributed by atoms with Crippen LogP contribution >= 0.6 is 0 Å². The fourth-order valence-electron chi connectivity index (χ4n) is 2.53. The third kappa shape index (κ3) is 3.94. The molecule has 7 nitrogen and oxygen atoms in total. The maximum absolute atomic E-state index is 5.99. The summed E-state index contributed by atoms with van der Waals surface area (Å²) in [5, 5.41) is 7.43. The van der Waals surface area contributed by atoms with Crippen LogP contribution in [0.4, 0.5) is 5.82 Å². The number of benzene rings is 2. The molecule has 1 aromatic heterocycles. The van der Waals surface area contributed by atoms with E-state index in [9.17, 15) is 0 Å². The Morgan fingerprint density at radius 2 is 1.73 bits per heavy atom. The molecular formula is C19H21N5O2. The molecule has 134 valence electrons. The maximum Gasteiger partial charge on any atom is 0.194 e. The highest BCUT2D eigenvalue weighted by Gasteiger charge is 2.09. The van der Waals surface area contributed by atoms with E-state index in [4.69, 9.17) is 15.2 Å². The summed E-state index contributed by atoms with van der Waals surface area (Å²) in [4.78, 5) is 4.36. The van der Waals surface area contributed by atoms with Crippen molar-refractivity contribution in [2.75, 3.05) is 19.5 Å². The highest BCUT2D eigenvalue weighted by molar-refractivity contribution is 5.91. The average molecular weight is 351 g/mol. The first-order valence-electron chi connectivity index (χ1n) is 8.09. The number of methoxy groups -OCH3 is 2. The fraction of sp³-hybridized carbons (Fsp3) is 0.158. The lowest BCUT2D eigenvalue weighted by Gasteiger charge is -2.11. The molecule has 0 aliphatic carbocycles. The van der Waals surface area contributed by atoms with Crippen molar-refractivity contribution in [2.45, 2.75) is 6.54 Å². The van der Waals surface area contributed by atoms with Crippen molar-refractivity contribution in [3.8, 4) is 17.2 Å². The Morgan fingerprint density at radius 3 is 2.38 bits per heavy atom. The first-order valence-corrected chi connectivity index (χ1v) is 8.09. The summed E-state index contributed by atoms with van der Waals surface area (Å²) in [5.41, 5.74) is 7.79. The van der Waals surface area contributed by atoms with Crippen molar-refractivity contribution in [1.29, 1.82) is 0 Å². The van der Waals surface area contributed by atoms with Gasteiger partial charge in [-0.25, -0.2) is 9.67 Å². The van der Waals surface area contributed by atoms with Gasteiger partial charge in [0.2, 0.25) is 0 Å². The van der Waals surface area contributed by atoms with Gasteiger partial charge in [-0.15, -0.1) is 0 Å². The fourth-order valence-corrected chi connectivity index (χ4v) is 2.53. The van der Waals surface area contributed by atoms with Crippen LogP contribution in [0.5, 0.6) is 11.5 Å². The smallest absolute Gasteiger partial charge is 0.194 e. The molecule has 3 N–H and O–H groups in total. The van der Waals surface area contributed by atoms with Gasteiger partial charge < -0.3 is 20.5 Å². The second-order valence-electron chi connectivity index (χ2n) is 5.45. The Morgan fingerprint density at radius 1 is 1.04 bits per heavy atom. The molecule has 0 saturated heterocycles. The number of hydrogen-bond donors (Lipinski definition) is 2. The van der Waals surface area contributed by atoms with Gasteiger partial charge in [-0.3, -0.25) is 0 Å². The molecule has 2 aromatic carbocycles. The molecule has 0 aliphatic rings. The Kier molecular flexibility index (Phi) is 5.38. The van der Waals surface area contributed by atoms with E-state index in [-0.39, 0.29) is 5.96 Å². The third-order valence-electron chi connectivity index (χ3n) is 3.80. The van der Waals surface area contributed by atoms with Crippen LogP contribution in [0.2, 0.25) is 0 Å². The lowest BCUT2D eigenvalue weighted by molar-refractivity contribution is 0.385. The topological polar surface area (TPSA) is 86.7 Å². The molecule has 0 unspecified atom stereocenters. The molecule has 3 rings (SSSR count). The summed E-state index contributed by atoms with van der Waals surface area (Å²) in [7, 11) is 3.22. The van der Waals surface area contributed by atoms with Gasteiger partial charge in [-0.05, 0) is 24.3 Å². The van der Waals surface area contributed by atoms with Crippen molar-refractivity contribution in [3.63, 3.8) is 0 Å². The van der Waals surface area contributed by atoms with Gasteiger partial charge in [-0.1, -0.05) is 24.3 Å². The molecule has 0 bridgehead atoms. The van der Waals surface area contributed by atoms with E-state index in [0.29, 0.717) is 23.9 Å². The second kappa shape index (κ2) is 8.06. The summed E-state index contributed by atoms with van der Waals surface area (Å²) in [6, 6.07) is 17.2. The highest BCUT2D eigenvalue weighted by Crippen LogP contribution is 2.28. The number of aliphatic imine (C=N–C) groups is 1. The van der Waals surface area contributed by atoms with Gasteiger partial charge in [0, 0.05) is 12.3 Å². The number of nitrogens with two attached hydrogens (primary N) is 1. The van der Waals surface area contributed by atoms with Crippen LogP contribution in [0, 0.1) is 0 Å². The molecular weight excluding hydrogens is 330 g/mol. The number of aromatic nitrogens is 2. The van der Waals surface area contributed by atoms with Crippen LogP contribution < -0.4 is 20.5 Å². The molecule has 7 heteroatoms. The van der Waals surface area contributed by atoms with E-state index >= 15 is 0 Å². The summed E-state index contributed by atoms with van der Waals surface area (Å²) in [5.74, 6) is 2.28. The summed E-state index contributed by atoms with van der Waals surface area (Å²) in [6.45, 7) is 0.325. The zero-order valence-electron chi connectivity index (χ0n) is 14.7. The minimum atomic E-state index is 0.260. The second-order valence-corrected chi connectivity index (χ2v) is 5.45. The van der Waals surface area contributed by atoms with Crippen molar-refractivity contribution in [2.24, 2.45) is 10.7 Å². The predicted molar refractivity (Wildman–Crippen MR) is 102 cm³/mol. The zero-order valence-corrected chi connectivity index (χ0v) is 14.7. The summed E-state index contributed by atoms with van der Waals surface area (Å²) < 4.78 is 12.5. The number of ether oxygens (including phenoxy) is 2. The predicted octanol–water partition coefficient (Wildman–Crippen LogP) is 2.82. The van der Waals surface area contributed by atoms with Crippen LogP contribution in [0.15, 0.2) is 65.8 Å². The van der Waals surface area contributed by atoms with Crippen LogP contribution in [-0.2, 0) is 6.54 Å². The SMILES string of the molecule is COc1cccc(OC)c1CN=C(N)Nc1ccn(-c2ccccc2)n1. The highest BCUT2D eigenvalue weighted by atomic mass is 16.5. The Balaban J connectivity index is 1.71. The minimum absolute atomic E-state index is 0.260. The number of anilines is 1. The van der Waals surface area contributed by atoms with Gasteiger partial charge >= 0.3 is 0 Å². The van der Waals surface area contributed by atoms with E-state index in [1.54, 1.807) is 18.9 Å². The minimum Gasteiger partial charge on any atom is -0.496 e. The largest absolute Gasteiger partial charge is 0.496 e. The molecule has 0 spiro atoms. The van der Waals surface area contributed by atoms with Crippen molar-refractivity contribution >= 4 is 11.8 Å². The molecule has 3 aromatic rings. The molecule has 26 heavy (non-hydrogen) atoms. The number of rotatable bonds is 6. The number of hydrogen-bond acceptors (Lipinski definition) is 4. The van der Waals surface area contributed by atoms with E-state index in [1.165, 1.54) is 0 Å². The van der Waals surface area contributed by atoms with E-state index in [2.05, 4.69) is 15.4 Å². The standard InChI is InChI=1S/C19H21N5O2/c1-25-16-9-6-10-17(26-2)15(16)13-21-19(20)22-18-11-12-24(23-18)14-7-4-3-5-8-14/h3-12H,13H2,1-2H3,(H3,20,21,22,23). The molecule has 0 saturated carbocycles. The molecule has 0 radical (unpaired) electrons. The van der Waals surface area contributed by atoms with Crippen molar-refractivity contribution < 1.29 is 9.47 Å². The summed E-state index contributed by atoms with van der Waals surface area (Å²) in [6.07, 6.45) is 1.86. The van der Waals surface area contributed by atoms with Crippen LogP contribution in [0.25, 0.3) is 5.69 Å². The lowest BCUT2D eigenvalue weighted by Crippen LogP contribution is -2.23.